The molecule has 0 aromatic carbocycles. The lowest BCUT2D eigenvalue weighted by Gasteiger charge is -2.63. The molecule has 5 atom stereocenters. The van der Waals surface area contributed by atoms with Crippen LogP contribution < -0.4 is 0 Å². The fraction of sp³-hybridized carbons (Fsp3) is 1.00. The van der Waals surface area contributed by atoms with Crippen molar-refractivity contribution in [1.82, 2.24) is 0 Å². The number of rotatable bonds is 1. The first-order chi connectivity index (χ1) is 10.0. The van der Waals surface area contributed by atoms with Gasteiger partial charge in [-0.2, -0.15) is 0 Å². The summed E-state index contributed by atoms with van der Waals surface area (Å²) in [5.74, 6) is 0.376. The first-order valence-corrected chi connectivity index (χ1v) is 8.98. The second-order valence-corrected chi connectivity index (χ2v) is 8.14. The molecule has 0 aromatic rings. The molecule has 2 saturated carbocycles. The van der Waals surface area contributed by atoms with Crippen LogP contribution >= 0.6 is 0 Å². The number of fused-ring (bicyclic) bond motifs is 4. The maximum atomic E-state index is 6.34. The lowest BCUT2D eigenvalue weighted by molar-refractivity contribution is -0.312. The fourth-order valence-electron chi connectivity index (χ4n) is 6.13. The van der Waals surface area contributed by atoms with E-state index in [2.05, 4.69) is 20.8 Å². The molecular weight excluding hydrogens is 264 g/mol. The molecule has 2 aliphatic carbocycles. The van der Waals surface area contributed by atoms with Crippen molar-refractivity contribution in [2.75, 3.05) is 13.2 Å². The molecule has 0 radical (unpaired) electrons. The summed E-state index contributed by atoms with van der Waals surface area (Å²) in [4.78, 5) is 0. The van der Waals surface area contributed by atoms with E-state index in [4.69, 9.17) is 14.2 Å². The van der Waals surface area contributed by atoms with E-state index >= 15 is 0 Å². The monoisotopic (exact) mass is 294 g/mol. The largest absolute Gasteiger partial charge is 0.375 e. The van der Waals surface area contributed by atoms with Gasteiger partial charge in [0.1, 0.15) is 0 Å². The summed E-state index contributed by atoms with van der Waals surface area (Å²) >= 11 is 0. The molecule has 4 rings (SSSR count). The zero-order valence-corrected chi connectivity index (χ0v) is 13.8. The smallest absolute Gasteiger partial charge is 0.174 e. The van der Waals surface area contributed by atoms with Gasteiger partial charge < -0.3 is 14.2 Å². The minimum absolute atomic E-state index is 0.141. The molecule has 3 heteroatoms. The van der Waals surface area contributed by atoms with Crippen LogP contribution in [0.2, 0.25) is 0 Å². The summed E-state index contributed by atoms with van der Waals surface area (Å²) in [6.45, 7) is 8.76. The first-order valence-electron chi connectivity index (χ1n) is 8.98. The maximum absolute atomic E-state index is 6.34. The molecule has 3 nitrogen and oxygen atoms in total. The summed E-state index contributed by atoms with van der Waals surface area (Å²) in [6, 6.07) is 0. The van der Waals surface area contributed by atoms with Crippen LogP contribution in [0.3, 0.4) is 0 Å². The normalized spacial score (nSPS) is 51.9. The van der Waals surface area contributed by atoms with E-state index in [-0.39, 0.29) is 11.2 Å². The molecule has 2 saturated heterocycles. The van der Waals surface area contributed by atoms with Crippen LogP contribution in [-0.4, -0.2) is 31.2 Å². The molecule has 2 heterocycles. The summed E-state index contributed by atoms with van der Waals surface area (Å²) in [6.07, 6.45) is 9.32. The van der Waals surface area contributed by atoms with Crippen molar-refractivity contribution in [3.8, 4) is 0 Å². The SMILES string of the molecule is CC[C@@H]1CC2[C@H](CC[C@]3(C)C4(CCC[C@]23C)OCCO4)O1. The van der Waals surface area contributed by atoms with Crippen LogP contribution in [-0.2, 0) is 14.2 Å². The van der Waals surface area contributed by atoms with Crippen LogP contribution in [0.15, 0.2) is 0 Å². The van der Waals surface area contributed by atoms with Gasteiger partial charge in [0, 0.05) is 11.8 Å². The van der Waals surface area contributed by atoms with Crippen LogP contribution in [0.5, 0.6) is 0 Å². The van der Waals surface area contributed by atoms with Crippen molar-refractivity contribution in [2.45, 2.75) is 83.7 Å². The Balaban J connectivity index is 1.72. The zero-order chi connectivity index (χ0) is 14.7. The van der Waals surface area contributed by atoms with E-state index < -0.39 is 0 Å². The molecule has 120 valence electrons. The number of hydrogen-bond donors (Lipinski definition) is 0. The highest BCUT2D eigenvalue weighted by molar-refractivity contribution is 5.14. The van der Waals surface area contributed by atoms with Crippen LogP contribution in [0.4, 0.5) is 0 Å². The predicted octanol–water partition coefficient (Wildman–Crippen LogP) is 3.90. The Bertz CT molecular complexity index is 417. The highest BCUT2D eigenvalue weighted by Crippen LogP contribution is 2.68. The molecule has 1 spiro atoms. The molecule has 0 N–H and O–H groups in total. The van der Waals surface area contributed by atoms with Crippen molar-refractivity contribution in [2.24, 2.45) is 16.7 Å². The van der Waals surface area contributed by atoms with Crippen molar-refractivity contribution < 1.29 is 14.2 Å². The van der Waals surface area contributed by atoms with Gasteiger partial charge in [-0.3, -0.25) is 0 Å². The number of hydrogen-bond acceptors (Lipinski definition) is 3. The van der Waals surface area contributed by atoms with E-state index in [1.165, 1.54) is 32.1 Å². The minimum Gasteiger partial charge on any atom is -0.375 e. The Morgan fingerprint density at radius 3 is 2.52 bits per heavy atom. The highest BCUT2D eigenvalue weighted by atomic mass is 16.7. The second-order valence-electron chi connectivity index (χ2n) is 8.14. The summed E-state index contributed by atoms with van der Waals surface area (Å²) in [5, 5.41) is 0. The number of ether oxygens (including phenoxy) is 3. The molecule has 4 aliphatic rings. The van der Waals surface area contributed by atoms with Gasteiger partial charge >= 0.3 is 0 Å². The summed E-state index contributed by atoms with van der Waals surface area (Å²) < 4.78 is 18.9. The van der Waals surface area contributed by atoms with Crippen LogP contribution in [0.1, 0.15) is 65.7 Å². The van der Waals surface area contributed by atoms with Crippen LogP contribution in [0.25, 0.3) is 0 Å². The molecular formula is C18H30O3. The van der Waals surface area contributed by atoms with Gasteiger partial charge in [-0.15, -0.1) is 0 Å². The second kappa shape index (κ2) is 4.69. The Kier molecular flexibility index (Phi) is 3.23. The van der Waals surface area contributed by atoms with E-state index in [1.807, 2.05) is 0 Å². The van der Waals surface area contributed by atoms with Crippen LogP contribution in [0, 0.1) is 16.7 Å². The molecule has 0 amide bonds. The van der Waals surface area contributed by atoms with Gasteiger partial charge in [0.2, 0.25) is 0 Å². The van der Waals surface area contributed by atoms with E-state index in [0.29, 0.717) is 23.5 Å². The van der Waals surface area contributed by atoms with Gasteiger partial charge in [0.15, 0.2) is 5.79 Å². The third-order valence-corrected chi connectivity index (χ3v) is 7.59. The van der Waals surface area contributed by atoms with E-state index in [1.54, 1.807) is 0 Å². The zero-order valence-electron chi connectivity index (χ0n) is 13.8. The first kappa shape index (κ1) is 14.5. The van der Waals surface area contributed by atoms with Gasteiger partial charge in [-0.25, -0.2) is 0 Å². The van der Waals surface area contributed by atoms with Gasteiger partial charge in [-0.1, -0.05) is 20.8 Å². The van der Waals surface area contributed by atoms with Gasteiger partial charge in [-0.05, 0) is 49.9 Å². The Labute approximate surface area is 128 Å². The standard InChI is InChI=1S/C18H30O3/c1-4-13-12-14-15(21-13)6-9-17(3)16(14,2)7-5-8-18(17)19-10-11-20-18/h13-15H,4-12H2,1-3H3/t13-,14?,15+,16-,17+/m1/s1. The quantitative estimate of drug-likeness (QED) is 0.734. The Morgan fingerprint density at radius 1 is 1.05 bits per heavy atom. The lowest BCUT2D eigenvalue weighted by atomic mass is 9.45. The summed E-state index contributed by atoms with van der Waals surface area (Å²) in [7, 11) is 0. The summed E-state index contributed by atoms with van der Waals surface area (Å²) in [5.41, 5.74) is 0.435. The van der Waals surface area contributed by atoms with Crippen molar-refractivity contribution >= 4 is 0 Å². The van der Waals surface area contributed by atoms with E-state index in [9.17, 15) is 0 Å². The molecule has 0 bridgehead atoms. The van der Waals surface area contributed by atoms with E-state index in [0.717, 1.165) is 26.1 Å². The minimum atomic E-state index is -0.310. The Morgan fingerprint density at radius 2 is 1.81 bits per heavy atom. The van der Waals surface area contributed by atoms with Crippen molar-refractivity contribution in [3.05, 3.63) is 0 Å². The van der Waals surface area contributed by atoms with Gasteiger partial charge in [0.25, 0.3) is 0 Å². The lowest BCUT2D eigenvalue weighted by Crippen LogP contribution is -2.64. The fourth-order valence-corrected chi connectivity index (χ4v) is 6.13. The molecule has 2 aliphatic heterocycles. The molecule has 0 aromatic heterocycles. The van der Waals surface area contributed by atoms with Crippen molar-refractivity contribution in [3.63, 3.8) is 0 Å². The molecule has 4 fully saturated rings. The highest BCUT2D eigenvalue weighted by Gasteiger charge is 2.68. The van der Waals surface area contributed by atoms with Gasteiger partial charge in [0.05, 0.1) is 25.4 Å². The molecule has 21 heavy (non-hydrogen) atoms. The third kappa shape index (κ3) is 1.71. The Hall–Kier alpha value is -0.120. The topological polar surface area (TPSA) is 27.7 Å². The molecule has 1 unspecified atom stereocenters. The average molecular weight is 294 g/mol. The average Bonchev–Trinajstić information content (AvgIpc) is 3.10. The van der Waals surface area contributed by atoms with Crippen molar-refractivity contribution in [1.29, 1.82) is 0 Å². The predicted molar refractivity (Wildman–Crippen MR) is 81.0 cm³/mol. The maximum Gasteiger partial charge on any atom is 0.174 e. The third-order valence-electron chi connectivity index (χ3n) is 7.59.